The second-order valence-corrected chi connectivity index (χ2v) is 6.56. The maximum Gasteiger partial charge on any atom is 0.126 e. The van der Waals surface area contributed by atoms with Gasteiger partial charge in [0.2, 0.25) is 0 Å². The van der Waals surface area contributed by atoms with E-state index in [1.807, 2.05) is 6.07 Å². The van der Waals surface area contributed by atoms with Gasteiger partial charge in [0, 0.05) is 10.5 Å². The molecule has 18 heavy (non-hydrogen) atoms. The Hall–Kier alpha value is -0.410. The fraction of sp³-hybridized carbons (Fsp3) is 0.600. The van der Waals surface area contributed by atoms with Crippen LogP contribution in [0.1, 0.15) is 31.2 Å². The van der Waals surface area contributed by atoms with Gasteiger partial charge in [-0.2, -0.15) is 0 Å². The van der Waals surface area contributed by atoms with Crippen molar-refractivity contribution in [3.63, 3.8) is 0 Å². The van der Waals surface area contributed by atoms with Crippen LogP contribution in [0.15, 0.2) is 22.7 Å². The van der Waals surface area contributed by atoms with Crippen molar-refractivity contribution in [2.45, 2.75) is 38.1 Å². The van der Waals surface area contributed by atoms with Crippen LogP contribution in [0, 0.1) is 17.7 Å². The van der Waals surface area contributed by atoms with E-state index in [0.29, 0.717) is 6.04 Å². The molecule has 2 fully saturated rings. The monoisotopic (exact) mass is 311 g/mol. The van der Waals surface area contributed by atoms with Gasteiger partial charge in [-0.25, -0.2) is 4.39 Å². The predicted molar refractivity (Wildman–Crippen MR) is 75.0 cm³/mol. The minimum absolute atomic E-state index is 0.0702. The van der Waals surface area contributed by atoms with Gasteiger partial charge in [0.1, 0.15) is 5.82 Å². The van der Waals surface area contributed by atoms with Crippen LogP contribution in [0.3, 0.4) is 0 Å². The van der Waals surface area contributed by atoms with Crippen LogP contribution < -0.4 is 5.32 Å². The zero-order valence-corrected chi connectivity index (χ0v) is 12.0. The van der Waals surface area contributed by atoms with Crippen molar-refractivity contribution in [1.82, 2.24) is 5.32 Å². The third-order valence-corrected chi connectivity index (χ3v) is 5.10. The van der Waals surface area contributed by atoms with Crippen molar-refractivity contribution >= 4 is 15.9 Å². The minimum Gasteiger partial charge on any atom is -0.313 e. The summed E-state index contributed by atoms with van der Waals surface area (Å²) in [6.45, 7) is 1.18. The third kappa shape index (κ3) is 2.48. The van der Waals surface area contributed by atoms with E-state index < -0.39 is 0 Å². The zero-order valence-electron chi connectivity index (χ0n) is 10.5. The molecule has 1 aliphatic heterocycles. The van der Waals surface area contributed by atoms with Gasteiger partial charge >= 0.3 is 0 Å². The number of nitrogens with one attached hydrogen (secondary N) is 1. The minimum atomic E-state index is -0.0702. The van der Waals surface area contributed by atoms with Crippen molar-refractivity contribution in [1.29, 1.82) is 0 Å². The lowest BCUT2D eigenvalue weighted by molar-refractivity contribution is 0.392. The number of fused-ring (bicyclic) bond motifs is 1. The zero-order chi connectivity index (χ0) is 12.5. The summed E-state index contributed by atoms with van der Waals surface area (Å²) >= 11 is 3.41. The fourth-order valence-corrected chi connectivity index (χ4v) is 4.07. The molecule has 1 aromatic rings. The van der Waals surface area contributed by atoms with Crippen LogP contribution in [0.2, 0.25) is 0 Å². The third-order valence-electron chi connectivity index (χ3n) is 4.61. The first-order valence-electron chi connectivity index (χ1n) is 6.91. The summed E-state index contributed by atoms with van der Waals surface area (Å²) in [6, 6.07) is 5.84. The molecule has 98 valence electrons. The fourth-order valence-electron chi connectivity index (χ4n) is 3.66. The number of rotatable bonds is 3. The van der Waals surface area contributed by atoms with Gasteiger partial charge < -0.3 is 5.32 Å². The molecule has 3 unspecified atom stereocenters. The Morgan fingerprint density at radius 3 is 3.11 bits per heavy atom. The lowest BCUT2D eigenvalue weighted by Crippen LogP contribution is -2.27. The molecule has 0 spiro atoms. The first-order valence-corrected chi connectivity index (χ1v) is 7.70. The van der Waals surface area contributed by atoms with E-state index in [9.17, 15) is 4.39 Å². The average molecular weight is 312 g/mol. The topological polar surface area (TPSA) is 12.0 Å². The number of hydrogen-bond acceptors (Lipinski definition) is 1. The van der Waals surface area contributed by atoms with Gasteiger partial charge in [-0.15, -0.1) is 0 Å². The van der Waals surface area contributed by atoms with Crippen molar-refractivity contribution in [2.24, 2.45) is 11.8 Å². The molecule has 1 aromatic carbocycles. The van der Waals surface area contributed by atoms with Gasteiger partial charge in [0.05, 0.1) is 0 Å². The van der Waals surface area contributed by atoms with E-state index in [4.69, 9.17) is 0 Å². The number of halogens is 2. The Bertz CT molecular complexity index is 435. The standard InChI is InChI=1S/C15H19BrFN/c16-12-5-6-14(17)10(8-12)4-7-15-13-3-1-2-11(13)9-18-15/h5-6,8,11,13,15,18H,1-4,7,9H2. The molecule has 0 aromatic heterocycles. The van der Waals surface area contributed by atoms with Crippen LogP contribution in [0.5, 0.6) is 0 Å². The summed E-state index contributed by atoms with van der Waals surface area (Å²) in [4.78, 5) is 0. The number of aryl methyl sites for hydroxylation is 1. The van der Waals surface area contributed by atoms with E-state index in [-0.39, 0.29) is 5.82 Å². The summed E-state index contributed by atoms with van der Waals surface area (Å²) in [5, 5.41) is 3.63. The average Bonchev–Trinajstić information content (AvgIpc) is 2.93. The van der Waals surface area contributed by atoms with Crippen LogP contribution in [-0.4, -0.2) is 12.6 Å². The quantitative estimate of drug-likeness (QED) is 0.892. The Morgan fingerprint density at radius 2 is 2.22 bits per heavy atom. The molecule has 3 heteroatoms. The molecule has 2 aliphatic rings. The molecule has 1 nitrogen and oxygen atoms in total. The lowest BCUT2D eigenvalue weighted by atomic mass is 9.90. The highest BCUT2D eigenvalue weighted by Gasteiger charge is 2.38. The van der Waals surface area contributed by atoms with Crippen LogP contribution in [-0.2, 0) is 6.42 Å². The molecular weight excluding hydrogens is 293 g/mol. The van der Waals surface area contributed by atoms with E-state index in [2.05, 4.69) is 21.2 Å². The summed E-state index contributed by atoms with van der Waals surface area (Å²) in [6.07, 6.45) is 6.04. The Morgan fingerprint density at radius 1 is 1.33 bits per heavy atom. The van der Waals surface area contributed by atoms with Crippen molar-refractivity contribution in [2.75, 3.05) is 6.54 Å². The highest BCUT2D eigenvalue weighted by Crippen LogP contribution is 2.39. The largest absolute Gasteiger partial charge is 0.313 e. The summed E-state index contributed by atoms with van der Waals surface area (Å²) < 4.78 is 14.6. The Kier molecular flexibility index (Phi) is 3.71. The molecule has 0 amide bonds. The van der Waals surface area contributed by atoms with E-state index in [0.717, 1.165) is 34.7 Å². The molecular formula is C15H19BrFN. The van der Waals surface area contributed by atoms with Gasteiger partial charge in [-0.3, -0.25) is 0 Å². The van der Waals surface area contributed by atoms with Crippen molar-refractivity contribution in [3.8, 4) is 0 Å². The highest BCUT2D eigenvalue weighted by atomic mass is 79.9. The van der Waals surface area contributed by atoms with E-state index in [1.54, 1.807) is 12.1 Å². The lowest BCUT2D eigenvalue weighted by Gasteiger charge is -2.18. The van der Waals surface area contributed by atoms with Gasteiger partial charge in [0.25, 0.3) is 0 Å². The van der Waals surface area contributed by atoms with Crippen molar-refractivity contribution < 1.29 is 4.39 Å². The van der Waals surface area contributed by atoms with E-state index >= 15 is 0 Å². The van der Waals surface area contributed by atoms with Gasteiger partial charge in [-0.1, -0.05) is 22.4 Å². The molecule has 0 radical (unpaired) electrons. The number of hydrogen-bond donors (Lipinski definition) is 1. The second-order valence-electron chi connectivity index (χ2n) is 5.64. The smallest absolute Gasteiger partial charge is 0.126 e. The van der Waals surface area contributed by atoms with Crippen LogP contribution >= 0.6 is 15.9 Å². The molecule has 1 N–H and O–H groups in total. The molecule has 1 aliphatic carbocycles. The summed E-state index contributed by atoms with van der Waals surface area (Å²) in [7, 11) is 0. The summed E-state index contributed by atoms with van der Waals surface area (Å²) in [5.74, 6) is 1.67. The predicted octanol–water partition coefficient (Wildman–Crippen LogP) is 3.91. The van der Waals surface area contributed by atoms with E-state index in [1.165, 1.54) is 25.8 Å². The molecule has 3 atom stereocenters. The second kappa shape index (κ2) is 5.30. The first kappa shape index (κ1) is 12.6. The van der Waals surface area contributed by atoms with Crippen LogP contribution in [0.4, 0.5) is 4.39 Å². The van der Waals surface area contributed by atoms with Gasteiger partial charge in [-0.05, 0) is 67.8 Å². The van der Waals surface area contributed by atoms with Crippen LogP contribution in [0.25, 0.3) is 0 Å². The molecule has 3 rings (SSSR count). The maximum atomic E-state index is 13.7. The van der Waals surface area contributed by atoms with Gasteiger partial charge in [0.15, 0.2) is 0 Å². The first-order chi connectivity index (χ1) is 8.74. The number of benzene rings is 1. The Labute approximate surface area is 116 Å². The van der Waals surface area contributed by atoms with Crippen molar-refractivity contribution in [3.05, 3.63) is 34.1 Å². The maximum absolute atomic E-state index is 13.7. The molecule has 1 saturated heterocycles. The highest BCUT2D eigenvalue weighted by molar-refractivity contribution is 9.10. The molecule has 1 saturated carbocycles. The normalized spacial score (nSPS) is 30.7. The molecule has 1 heterocycles. The Balaban J connectivity index is 1.62. The molecule has 0 bridgehead atoms. The SMILES string of the molecule is Fc1ccc(Br)cc1CCC1NCC2CCCC21. The summed E-state index contributed by atoms with van der Waals surface area (Å²) in [5.41, 5.74) is 0.840.